The van der Waals surface area contributed by atoms with Crippen molar-refractivity contribution in [2.45, 2.75) is 38.0 Å². The molecule has 18 heavy (non-hydrogen) atoms. The van der Waals surface area contributed by atoms with Gasteiger partial charge < -0.3 is 4.74 Å². The zero-order chi connectivity index (χ0) is 13.0. The second kappa shape index (κ2) is 6.37. The van der Waals surface area contributed by atoms with E-state index in [4.69, 9.17) is 4.74 Å². The molecule has 1 saturated carbocycles. The maximum Gasteiger partial charge on any atom is 0.305 e. The molecule has 2 nitrogen and oxygen atoms in total. The van der Waals surface area contributed by atoms with Crippen molar-refractivity contribution in [2.75, 3.05) is 7.11 Å². The number of ether oxygens (including phenoxy) is 1. The molecule has 3 heteroatoms. The summed E-state index contributed by atoms with van der Waals surface area (Å²) < 4.78 is 5.86. The Labute approximate surface area is 117 Å². The third-order valence-corrected chi connectivity index (χ3v) is 4.40. The van der Waals surface area contributed by atoms with Gasteiger partial charge in [-0.2, -0.15) is 0 Å². The smallest absolute Gasteiger partial charge is 0.305 e. The second-order valence-corrected chi connectivity index (χ2v) is 5.97. The predicted molar refractivity (Wildman–Crippen MR) is 75.5 cm³/mol. The molecule has 0 N–H and O–H groups in total. The summed E-state index contributed by atoms with van der Waals surface area (Å²) in [4.78, 5) is 11.2. The van der Waals surface area contributed by atoms with E-state index in [1.165, 1.54) is 25.5 Å². The molecule has 0 atom stereocenters. The number of methoxy groups -OCH3 is 1. The lowest BCUT2D eigenvalue weighted by Crippen LogP contribution is -2.17. The first-order chi connectivity index (χ1) is 8.69. The fourth-order valence-electron chi connectivity index (χ4n) is 2.75. The van der Waals surface area contributed by atoms with Crippen LogP contribution >= 0.6 is 15.9 Å². The van der Waals surface area contributed by atoms with Crippen LogP contribution in [0.15, 0.2) is 28.7 Å². The van der Waals surface area contributed by atoms with E-state index in [0.717, 1.165) is 17.3 Å². The Hall–Kier alpha value is -0.830. The quantitative estimate of drug-likeness (QED) is 0.779. The van der Waals surface area contributed by atoms with Crippen LogP contribution in [-0.2, 0) is 9.53 Å². The molecule has 0 spiro atoms. The number of carbonyl (C=O) groups excluding carboxylic acids is 1. The van der Waals surface area contributed by atoms with Crippen LogP contribution in [0, 0.1) is 5.92 Å². The fraction of sp³-hybridized carbons (Fsp3) is 0.533. The topological polar surface area (TPSA) is 26.3 Å². The van der Waals surface area contributed by atoms with Gasteiger partial charge in [-0.3, -0.25) is 4.79 Å². The van der Waals surface area contributed by atoms with E-state index in [2.05, 4.69) is 40.2 Å². The Morgan fingerprint density at radius 2 is 1.83 bits per heavy atom. The van der Waals surface area contributed by atoms with E-state index < -0.39 is 0 Å². The van der Waals surface area contributed by atoms with Crippen molar-refractivity contribution in [3.8, 4) is 0 Å². The molecule has 0 heterocycles. The lowest BCUT2D eigenvalue weighted by atomic mass is 9.77. The van der Waals surface area contributed by atoms with Gasteiger partial charge >= 0.3 is 5.97 Å². The van der Waals surface area contributed by atoms with Gasteiger partial charge in [0.1, 0.15) is 0 Å². The van der Waals surface area contributed by atoms with E-state index in [1.807, 2.05) is 0 Å². The van der Waals surface area contributed by atoms with Crippen LogP contribution in [-0.4, -0.2) is 13.1 Å². The van der Waals surface area contributed by atoms with Crippen LogP contribution in [0.2, 0.25) is 0 Å². The minimum absolute atomic E-state index is 0.0675. The standard InChI is InChI=1S/C15H19BrO2/c1-18-15(17)10-11-2-4-12(5-3-11)13-6-8-14(16)9-7-13/h6-9,11-12H,2-5,10H2,1H3/t11-,12-. The Bertz CT molecular complexity index is 391. The monoisotopic (exact) mass is 310 g/mol. The van der Waals surface area contributed by atoms with Gasteiger partial charge in [-0.05, 0) is 55.2 Å². The number of halogens is 1. The van der Waals surface area contributed by atoms with E-state index in [9.17, 15) is 4.79 Å². The molecule has 1 aromatic rings. The van der Waals surface area contributed by atoms with Gasteiger partial charge in [0.2, 0.25) is 0 Å². The van der Waals surface area contributed by atoms with Crippen molar-refractivity contribution in [2.24, 2.45) is 5.92 Å². The van der Waals surface area contributed by atoms with Gasteiger partial charge in [0.15, 0.2) is 0 Å². The van der Waals surface area contributed by atoms with E-state index >= 15 is 0 Å². The predicted octanol–water partition coefficient (Wildman–Crippen LogP) is 4.29. The Morgan fingerprint density at radius 1 is 1.22 bits per heavy atom. The molecule has 1 aliphatic rings. The highest BCUT2D eigenvalue weighted by Gasteiger charge is 2.24. The molecule has 0 aliphatic heterocycles. The summed E-state index contributed by atoms with van der Waals surface area (Å²) in [5, 5.41) is 0. The molecule has 1 fully saturated rings. The average molecular weight is 311 g/mol. The Balaban J connectivity index is 1.86. The molecule has 1 aliphatic carbocycles. The summed E-state index contributed by atoms with van der Waals surface area (Å²) in [5.74, 6) is 1.11. The minimum atomic E-state index is -0.0675. The lowest BCUT2D eigenvalue weighted by Gasteiger charge is -2.28. The second-order valence-electron chi connectivity index (χ2n) is 5.05. The zero-order valence-electron chi connectivity index (χ0n) is 10.7. The lowest BCUT2D eigenvalue weighted by molar-refractivity contribution is -0.142. The van der Waals surface area contributed by atoms with Crippen molar-refractivity contribution in [1.29, 1.82) is 0 Å². The zero-order valence-corrected chi connectivity index (χ0v) is 12.3. The van der Waals surface area contributed by atoms with Crippen LogP contribution in [0.3, 0.4) is 0 Å². The third kappa shape index (κ3) is 3.58. The number of esters is 1. The van der Waals surface area contributed by atoms with Crippen LogP contribution in [0.5, 0.6) is 0 Å². The maximum atomic E-state index is 11.2. The third-order valence-electron chi connectivity index (χ3n) is 3.87. The summed E-state index contributed by atoms with van der Waals surface area (Å²) in [6.45, 7) is 0. The molecule has 0 amide bonds. The van der Waals surface area contributed by atoms with E-state index in [0.29, 0.717) is 18.3 Å². The number of hydrogen-bond donors (Lipinski definition) is 0. The molecule has 0 bridgehead atoms. The van der Waals surface area contributed by atoms with Crippen LogP contribution < -0.4 is 0 Å². The number of hydrogen-bond acceptors (Lipinski definition) is 2. The van der Waals surface area contributed by atoms with E-state index in [-0.39, 0.29) is 5.97 Å². The fourth-order valence-corrected chi connectivity index (χ4v) is 3.02. The van der Waals surface area contributed by atoms with Crippen LogP contribution in [0.1, 0.15) is 43.6 Å². The highest BCUT2D eigenvalue weighted by molar-refractivity contribution is 9.10. The van der Waals surface area contributed by atoms with Gasteiger partial charge in [0.25, 0.3) is 0 Å². The summed E-state index contributed by atoms with van der Waals surface area (Å²) in [6.07, 6.45) is 5.22. The molecule has 2 rings (SSSR count). The molecule has 0 unspecified atom stereocenters. The van der Waals surface area contributed by atoms with Crippen molar-refractivity contribution >= 4 is 21.9 Å². The van der Waals surface area contributed by atoms with Gasteiger partial charge in [0, 0.05) is 10.9 Å². The molecule has 0 radical (unpaired) electrons. The summed E-state index contributed by atoms with van der Waals surface area (Å²) in [6, 6.07) is 8.62. The minimum Gasteiger partial charge on any atom is -0.469 e. The molecular formula is C15H19BrO2. The molecule has 98 valence electrons. The number of carbonyl (C=O) groups is 1. The number of benzene rings is 1. The first-order valence-electron chi connectivity index (χ1n) is 6.51. The molecular weight excluding hydrogens is 292 g/mol. The maximum absolute atomic E-state index is 11.2. The van der Waals surface area contributed by atoms with Gasteiger partial charge in [-0.15, -0.1) is 0 Å². The average Bonchev–Trinajstić information content (AvgIpc) is 2.40. The largest absolute Gasteiger partial charge is 0.469 e. The van der Waals surface area contributed by atoms with Gasteiger partial charge in [0.05, 0.1) is 7.11 Å². The molecule has 0 aromatic heterocycles. The van der Waals surface area contributed by atoms with Crippen LogP contribution in [0.4, 0.5) is 0 Å². The van der Waals surface area contributed by atoms with Crippen molar-refractivity contribution < 1.29 is 9.53 Å². The van der Waals surface area contributed by atoms with Gasteiger partial charge in [-0.25, -0.2) is 0 Å². The molecule has 1 aromatic carbocycles. The summed E-state index contributed by atoms with van der Waals surface area (Å²) in [7, 11) is 1.47. The molecule has 0 saturated heterocycles. The van der Waals surface area contributed by atoms with E-state index in [1.54, 1.807) is 0 Å². The highest BCUT2D eigenvalue weighted by atomic mass is 79.9. The SMILES string of the molecule is COC(=O)C[C@H]1CC[C@H](c2ccc(Br)cc2)CC1. The highest BCUT2D eigenvalue weighted by Crippen LogP contribution is 2.37. The van der Waals surface area contributed by atoms with Crippen molar-refractivity contribution in [1.82, 2.24) is 0 Å². The van der Waals surface area contributed by atoms with Crippen molar-refractivity contribution in [3.05, 3.63) is 34.3 Å². The van der Waals surface area contributed by atoms with Crippen molar-refractivity contribution in [3.63, 3.8) is 0 Å². The first-order valence-corrected chi connectivity index (χ1v) is 7.30. The summed E-state index contributed by atoms with van der Waals surface area (Å²) in [5.41, 5.74) is 1.43. The summed E-state index contributed by atoms with van der Waals surface area (Å²) >= 11 is 3.46. The Kier molecular flexibility index (Phi) is 4.81. The first kappa shape index (κ1) is 13.6. The van der Waals surface area contributed by atoms with Gasteiger partial charge in [-0.1, -0.05) is 28.1 Å². The number of rotatable bonds is 3. The normalized spacial score (nSPS) is 23.7. The van der Waals surface area contributed by atoms with Crippen LogP contribution in [0.25, 0.3) is 0 Å². The Morgan fingerprint density at radius 3 is 2.39 bits per heavy atom.